The van der Waals surface area contributed by atoms with Crippen molar-refractivity contribution in [2.45, 2.75) is 30.6 Å². The number of fused-ring (bicyclic) bond motifs is 1. The normalized spacial score (nSPS) is 15.4. The number of amides is 2. The molecule has 0 aliphatic carbocycles. The first-order valence-corrected chi connectivity index (χ1v) is 12.0. The first-order valence-electron chi connectivity index (χ1n) is 10.1. The Kier molecular flexibility index (Phi) is 6.84. The van der Waals surface area contributed by atoms with E-state index in [9.17, 15) is 26.8 Å². The molecule has 1 atom stereocenters. The number of aliphatic hydroxyl groups is 1. The maximum absolute atomic E-state index is 13.5. The fourth-order valence-electron chi connectivity index (χ4n) is 3.43. The number of sulfone groups is 1. The molecule has 34 heavy (non-hydrogen) atoms. The molecule has 2 heterocycles. The zero-order valence-electron chi connectivity index (χ0n) is 18.4. The molecule has 0 bridgehead atoms. The zero-order chi connectivity index (χ0) is 25.3. The number of hydroxylamine groups is 1. The fourth-order valence-corrected chi connectivity index (χ4v) is 4.28. The van der Waals surface area contributed by atoms with E-state index in [-0.39, 0.29) is 25.1 Å². The highest BCUT2D eigenvalue weighted by Crippen LogP contribution is 2.27. The molecule has 0 radical (unpaired) electrons. The lowest BCUT2D eigenvalue weighted by Crippen LogP contribution is -2.50. The van der Waals surface area contributed by atoms with E-state index in [1.165, 1.54) is 52.3 Å². The van der Waals surface area contributed by atoms with Gasteiger partial charge < -0.3 is 10.0 Å². The third-order valence-electron chi connectivity index (χ3n) is 5.85. The minimum atomic E-state index is -3.88. The van der Waals surface area contributed by atoms with Crippen molar-refractivity contribution in [1.29, 1.82) is 0 Å². The van der Waals surface area contributed by atoms with Gasteiger partial charge in [0.25, 0.3) is 11.8 Å². The van der Waals surface area contributed by atoms with Gasteiger partial charge in [-0.3, -0.25) is 14.6 Å². The first kappa shape index (κ1) is 25.4. The Morgan fingerprint density at radius 3 is 2.35 bits per heavy atom. The predicted octanol–water partition coefficient (Wildman–Crippen LogP) is 1.45. The van der Waals surface area contributed by atoms with E-state index in [2.05, 4.69) is 11.8 Å². The van der Waals surface area contributed by atoms with Gasteiger partial charge in [0.05, 0.1) is 6.54 Å². The van der Waals surface area contributed by atoms with Crippen LogP contribution >= 0.6 is 0 Å². The van der Waals surface area contributed by atoms with E-state index < -0.39 is 39.1 Å². The van der Waals surface area contributed by atoms with Gasteiger partial charge in [0.15, 0.2) is 14.6 Å². The molecule has 1 aromatic carbocycles. The molecule has 182 valence electrons. The maximum Gasteiger partial charge on any atom is 0.328 e. The smallest absolute Gasteiger partial charge is 0.328 e. The molecule has 1 aliphatic rings. The Labute approximate surface area is 194 Å². The zero-order valence-corrected chi connectivity index (χ0v) is 19.2. The van der Waals surface area contributed by atoms with Crippen molar-refractivity contribution in [1.82, 2.24) is 14.9 Å². The number of halogens is 2. The molecule has 0 saturated carbocycles. The molecule has 3 rings (SSSR count). The Morgan fingerprint density at radius 2 is 1.82 bits per heavy atom. The lowest BCUT2D eigenvalue weighted by molar-refractivity contribution is -0.131. The molecule has 0 spiro atoms. The second-order valence-corrected chi connectivity index (χ2v) is 10.6. The number of nitrogens with one attached hydrogen (secondary N) is 1. The molecule has 2 aromatic rings. The van der Waals surface area contributed by atoms with Crippen molar-refractivity contribution in [2.24, 2.45) is 0 Å². The Hall–Kier alpha value is -3.27. The van der Waals surface area contributed by atoms with E-state index in [0.717, 1.165) is 6.26 Å². The van der Waals surface area contributed by atoms with E-state index >= 15 is 0 Å². The lowest BCUT2D eigenvalue weighted by Gasteiger charge is -2.27. The van der Waals surface area contributed by atoms with Gasteiger partial charge in [-0.1, -0.05) is 24.0 Å². The second kappa shape index (κ2) is 9.17. The monoisotopic (exact) mass is 495 g/mol. The van der Waals surface area contributed by atoms with Gasteiger partial charge in [0.2, 0.25) is 0 Å². The predicted molar refractivity (Wildman–Crippen MR) is 117 cm³/mol. The minimum absolute atomic E-state index is 0.0384. The summed E-state index contributed by atoms with van der Waals surface area (Å²) < 4.78 is 50.6. The highest BCUT2D eigenvalue weighted by molar-refractivity contribution is 7.92. The Bertz CT molecular complexity index is 1280. The van der Waals surface area contributed by atoms with E-state index in [4.69, 9.17) is 10.3 Å². The SMILES string of the molecule is C[C@@](CCN1Cc2cc(C#Cc3ccc(C(F)(F)CO)cc3)cn2C1=O)(C(=O)NO)S(C)(=O)=O. The van der Waals surface area contributed by atoms with Crippen molar-refractivity contribution in [3.05, 3.63) is 58.9 Å². The van der Waals surface area contributed by atoms with Crippen LogP contribution < -0.4 is 5.48 Å². The summed E-state index contributed by atoms with van der Waals surface area (Å²) >= 11 is 0. The highest BCUT2D eigenvalue weighted by Gasteiger charge is 2.44. The topological polar surface area (TPSA) is 129 Å². The minimum Gasteiger partial charge on any atom is -0.390 e. The summed E-state index contributed by atoms with van der Waals surface area (Å²) in [4.78, 5) is 26.0. The van der Waals surface area contributed by atoms with Crippen LogP contribution in [0.3, 0.4) is 0 Å². The summed E-state index contributed by atoms with van der Waals surface area (Å²) in [6.07, 6.45) is 2.18. The summed E-state index contributed by atoms with van der Waals surface area (Å²) in [7, 11) is -3.88. The van der Waals surface area contributed by atoms with Gasteiger partial charge in [-0.05, 0) is 31.5 Å². The highest BCUT2D eigenvalue weighted by atomic mass is 32.2. The average molecular weight is 496 g/mol. The van der Waals surface area contributed by atoms with Crippen molar-refractivity contribution in [2.75, 3.05) is 19.4 Å². The number of hydrogen-bond donors (Lipinski definition) is 3. The average Bonchev–Trinajstić information content (AvgIpc) is 3.33. The van der Waals surface area contributed by atoms with Crippen molar-refractivity contribution in [3.63, 3.8) is 0 Å². The van der Waals surface area contributed by atoms with Crippen molar-refractivity contribution in [3.8, 4) is 11.8 Å². The third kappa shape index (κ3) is 4.82. The van der Waals surface area contributed by atoms with Gasteiger partial charge in [0.1, 0.15) is 6.61 Å². The van der Waals surface area contributed by atoms with Crippen LogP contribution in [0.4, 0.5) is 13.6 Å². The van der Waals surface area contributed by atoms with Gasteiger partial charge in [-0.15, -0.1) is 0 Å². The van der Waals surface area contributed by atoms with Crippen LogP contribution in [0, 0.1) is 11.8 Å². The lowest BCUT2D eigenvalue weighted by atomic mass is 10.1. The van der Waals surface area contributed by atoms with Gasteiger partial charge in [-0.2, -0.15) is 8.78 Å². The number of nitrogens with zero attached hydrogens (tertiary/aromatic N) is 2. The number of benzene rings is 1. The number of hydrogen-bond acceptors (Lipinski definition) is 6. The molecule has 9 nitrogen and oxygen atoms in total. The van der Waals surface area contributed by atoms with Crippen LogP contribution in [-0.4, -0.2) is 64.3 Å². The molecule has 12 heteroatoms. The number of carbonyl (C=O) groups excluding carboxylic acids is 2. The van der Waals surface area contributed by atoms with Crippen LogP contribution in [0.25, 0.3) is 0 Å². The van der Waals surface area contributed by atoms with Gasteiger partial charge >= 0.3 is 6.03 Å². The van der Waals surface area contributed by atoms with E-state index in [0.29, 0.717) is 16.8 Å². The summed E-state index contributed by atoms with van der Waals surface area (Å²) in [6.45, 7) is 0.0246. The molecule has 0 unspecified atom stereocenters. The molecule has 1 aromatic heterocycles. The number of aliphatic hydroxyl groups excluding tert-OH is 1. The largest absolute Gasteiger partial charge is 0.390 e. The second-order valence-electron chi connectivity index (χ2n) is 8.18. The quantitative estimate of drug-likeness (QED) is 0.303. The Balaban J connectivity index is 1.69. The van der Waals surface area contributed by atoms with Crippen LogP contribution in [0.2, 0.25) is 0 Å². The van der Waals surface area contributed by atoms with Crippen molar-refractivity contribution >= 4 is 21.8 Å². The Morgan fingerprint density at radius 1 is 1.21 bits per heavy atom. The number of aromatic nitrogens is 1. The number of rotatable bonds is 7. The van der Waals surface area contributed by atoms with E-state index in [1.807, 2.05) is 0 Å². The molecular weight excluding hydrogens is 472 g/mol. The first-order chi connectivity index (χ1) is 15.8. The summed E-state index contributed by atoms with van der Waals surface area (Å²) in [5.41, 5.74) is 2.65. The molecule has 0 saturated heterocycles. The van der Waals surface area contributed by atoms with Crippen LogP contribution in [0.15, 0.2) is 36.5 Å². The standard InChI is InChI=1S/C22H23F2N3O6S/c1-21(19(29)25-31,34(2,32)33)9-10-26-13-18-11-16(12-27(18)20(26)30)4-3-15-5-7-17(8-6-15)22(23,24)14-28/h5-8,11-12,28,31H,9-10,13-14H2,1-2H3,(H,25,29)/t21-/m1/s1. The van der Waals surface area contributed by atoms with Crippen molar-refractivity contribution < 1.29 is 37.1 Å². The van der Waals surface area contributed by atoms with Crippen LogP contribution in [-0.2, 0) is 27.1 Å². The van der Waals surface area contributed by atoms with Gasteiger partial charge in [0, 0.05) is 41.4 Å². The maximum atomic E-state index is 13.5. The molecular formula is C22H23F2N3O6S. The molecule has 2 amide bonds. The van der Waals surface area contributed by atoms with Gasteiger partial charge in [-0.25, -0.2) is 18.7 Å². The molecule has 0 fully saturated rings. The van der Waals surface area contributed by atoms with E-state index in [1.54, 1.807) is 6.07 Å². The third-order valence-corrected chi connectivity index (χ3v) is 7.87. The summed E-state index contributed by atoms with van der Waals surface area (Å²) in [6, 6.07) is 6.44. The summed E-state index contributed by atoms with van der Waals surface area (Å²) in [5.74, 6) is 1.27. The molecule has 1 aliphatic heterocycles. The molecule has 3 N–H and O–H groups in total. The van der Waals surface area contributed by atoms with Crippen LogP contribution in [0.1, 0.15) is 35.7 Å². The number of carbonyl (C=O) groups is 2. The van der Waals surface area contributed by atoms with Crippen LogP contribution in [0.5, 0.6) is 0 Å². The fraction of sp³-hybridized carbons (Fsp3) is 0.364. The summed E-state index contributed by atoms with van der Waals surface area (Å²) in [5, 5.41) is 17.7. The number of alkyl halides is 2.